The maximum atomic E-state index is 13.7. The molecule has 0 fully saturated rings. The van der Waals surface area contributed by atoms with Crippen LogP contribution in [0.15, 0.2) is 48.5 Å². The maximum absolute atomic E-state index is 13.7. The predicted octanol–water partition coefficient (Wildman–Crippen LogP) is 6.49. The lowest BCUT2D eigenvalue weighted by atomic mass is 9.99. The van der Waals surface area contributed by atoms with Gasteiger partial charge in [0.2, 0.25) is 0 Å². The largest absolute Gasteiger partial charge is 0.462 e. The third kappa shape index (κ3) is 5.24. The van der Waals surface area contributed by atoms with Crippen molar-refractivity contribution in [3.05, 3.63) is 81.2 Å². The van der Waals surface area contributed by atoms with Crippen LogP contribution in [-0.2, 0) is 9.47 Å². The summed E-state index contributed by atoms with van der Waals surface area (Å²) in [7, 11) is 0. The molecule has 0 unspecified atom stereocenters. The summed E-state index contributed by atoms with van der Waals surface area (Å²) in [6, 6.07) is 15.2. The highest BCUT2D eigenvalue weighted by Crippen LogP contribution is 2.35. The van der Waals surface area contributed by atoms with Gasteiger partial charge in [-0.05, 0) is 57.9 Å². The van der Waals surface area contributed by atoms with Crippen molar-refractivity contribution in [2.75, 3.05) is 18.5 Å². The summed E-state index contributed by atoms with van der Waals surface area (Å²) in [6.07, 6.45) is 0. The van der Waals surface area contributed by atoms with Gasteiger partial charge in [-0.1, -0.05) is 42.0 Å². The first kappa shape index (κ1) is 26.0. The first-order valence-electron chi connectivity index (χ1n) is 12.0. The molecule has 0 aliphatic rings. The summed E-state index contributed by atoms with van der Waals surface area (Å²) in [4.78, 5) is 44.1. The highest BCUT2D eigenvalue weighted by atomic mass is 32.1. The summed E-state index contributed by atoms with van der Waals surface area (Å²) < 4.78 is 10.4. The van der Waals surface area contributed by atoms with E-state index in [-0.39, 0.29) is 28.7 Å². The Labute approximate surface area is 219 Å². The number of para-hydroxylation sites is 1. The lowest BCUT2D eigenvalue weighted by Crippen LogP contribution is -2.15. The summed E-state index contributed by atoms with van der Waals surface area (Å²) >= 11 is 0.998. The van der Waals surface area contributed by atoms with Gasteiger partial charge in [-0.3, -0.25) is 4.79 Å². The molecular formula is C29H28N2O5S. The molecule has 4 aromatic rings. The number of aryl methyl sites for hydroxylation is 2. The SMILES string of the molecule is CCOC(=O)c1sc(NC(=O)c2cc(-c3ccc(C)cc3C)nc3ccccc23)c(C(=O)OCC)c1C. The average molecular weight is 517 g/mol. The molecule has 37 heavy (non-hydrogen) atoms. The zero-order chi connectivity index (χ0) is 26.7. The third-order valence-corrected chi connectivity index (χ3v) is 7.12. The smallest absolute Gasteiger partial charge is 0.348 e. The van der Waals surface area contributed by atoms with Crippen molar-refractivity contribution in [2.45, 2.75) is 34.6 Å². The van der Waals surface area contributed by atoms with E-state index in [0.29, 0.717) is 27.7 Å². The van der Waals surface area contributed by atoms with Gasteiger partial charge in [0.15, 0.2) is 0 Å². The van der Waals surface area contributed by atoms with Crippen LogP contribution in [0.4, 0.5) is 5.00 Å². The molecule has 0 bridgehead atoms. The van der Waals surface area contributed by atoms with E-state index >= 15 is 0 Å². The highest BCUT2D eigenvalue weighted by molar-refractivity contribution is 7.18. The van der Waals surface area contributed by atoms with Gasteiger partial charge in [0.25, 0.3) is 5.91 Å². The fourth-order valence-electron chi connectivity index (χ4n) is 4.21. The number of hydrogen-bond acceptors (Lipinski definition) is 7. The molecule has 7 nitrogen and oxygen atoms in total. The number of nitrogens with zero attached hydrogens (tertiary/aromatic N) is 1. The van der Waals surface area contributed by atoms with Crippen molar-refractivity contribution in [2.24, 2.45) is 0 Å². The minimum atomic E-state index is -0.613. The van der Waals surface area contributed by atoms with Crippen molar-refractivity contribution in [1.29, 1.82) is 0 Å². The number of benzene rings is 2. The number of aromatic nitrogens is 1. The van der Waals surface area contributed by atoms with Gasteiger partial charge in [-0.2, -0.15) is 0 Å². The van der Waals surface area contributed by atoms with Crippen LogP contribution >= 0.6 is 11.3 Å². The molecule has 0 saturated carbocycles. The molecule has 1 amide bonds. The molecule has 0 radical (unpaired) electrons. The molecule has 190 valence electrons. The van der Waals surface area contributed by atoms with Crippen molar-refractivity contribution < 1.29 is 23.9 Å². The Morgan fingerprint density at radius 1 is 0.919 bits per heavy atom. The van der Waals surface area contributed by atoms with Crippen LogP contribution in [0.3, 0.4) is 0 Å². The van der Waals surface area contributed by atoms with Crippen LogP contribution in [0.1, 0.15) is 60.9 Å². The lowest BCUT2D eigenvalue weighted by molar-refractivity contribution is 0.0527. The Morgan fingerprint density at radius 2 is 1.62 bits per heavy atom. The first-order chi connectivity index (χ1) is 17.7. The van der Waals surface area contributed by atoms with E-state index in [2.05, 4.69) is 11.4 Å². The van der Waals surface area contributed by atoms with Crippen molar-refractivity contribution >= 4 is 45.1 Å². The molecule has 0 spiro atoms. The third-order valence-electron chi connectivity index (χ3n) is 5.93. The van der Waals surface area contributed by atoms with Crippen molar-refractivity contribution in [1.82, 2.24) is 4.98 Å². The van der Waals surface area contributed by atoms with Crippen LogP contribution in [0, 0.1) is 20.8 Å². The van der Waals surface area contributed by atoms with Gasteiger partial charge in [0.1, 0.15) is 9.88 Å². The van der Waals surface area contributed by atoms with Gasteiger partial charge in [0, 0.05) is 10.9 Å². The standard InChI is InChI=1S/C29H28N2O5S/c1-6-35-28(33)24-18(5)25(29(34)36-7-2)37-27(24)31-26(32)21-15-23(19-13-12-16(3)14-17(19)4)30-22-11-9-8-10-20(21)22/h8-15H,6-7H2,1-5H3,(H,31,32). The van der Waals surface area contributed by atoms with E-state index in [1.54, 1.807) is 26.8 Å². The van der Waals surface area contributed by atoms with Crippen LogP contribution < -0.4 is 5.32 Å². The second-order valence-corrected chi connectivity index (χ2v) is 9.57. The number of hydrogen-bond donors (Lipinski definition) is 1. The number of thiophene rings is 1. The molecule has 0 saturated heterocycles. The zero-order valence-corrected chi connectivity index (χ0v) is 22.2. The van der Waals surface area contributed by atoms with E-state index in [1.807, 2.05) is 50.2 Å². The molecule has 2 heterocycles. The second-order valence-electron chi connectivity index (χ2n) is 8.55. The fraction of sp³-hybridized carbons (Fsp3) is 0.241. The Hall–Kier alpha value is -4.04. The Kier molecular flexibility index (Phi) is 7.69. The number of fused-ring (bicyclic) bond motifs is 1. The number of anilines is 1. The molecule has 2 aromatic heterocycles. The molecular weight excluding hydrogens is 488 g/mol. The lowest BCUT2D eigenvalue weighted by Gasteiger charge is -2.12. The normalized spacial score (nSPS) is 10.8. The van der Waals surface area contributed by atoms with Crippen LogP contribution in [0.25, 0.3) is 22.2 Å². The summed E-state index contributed by atoms with van der Waals surface area (Å²) in [5, 5.41) is 3.77. The van der Waals surface area contributed by atoms with E-state index in [4.69, 9.17) is 14.5 Å². The van der Waals surface area contributed by atoms with Gasteiger partial charge in [-0.25, -0.2) is 14.6 Å². The molecule has 0 aliphatic carbocycles. The minimum absolute atomic E-state index is 0.149. The van der Waals surface area contributed by atoms with Crippen molar-refractivity contribution in [3.8, 4) is 11.3 Å². The van der Waals surface area contributed by atoms with Crippen LogP contribution in [0.5, 0.6) is 0 Å². The number of ether oxygens (including phenoxy) is 2. The van der Waals surface area contributed by atoms with E-state index < -0.39 is 17.8 Å². The van der Waals surface area contributed by atoms with Gasteiger partial charge < -0.3 is 14.8 Å². The number of carbonyl (C=O) groups is 3. The molecule has 0 aliphatic heterocycles. The maximum Gasteiger partial charge on any atom is 0.348 e. The van der Waals surface area contributed by atoms with Gasteiger partial charge in [-0.15, -0.1) is 11.3 Å². The predicted molar refractivity (Wildman–Crippen MR) is 146 cm³/mol. The topological polar surface area (TPSA) is 94.6 Å². The molecule has 8 heteroatoms. The monoisotopic (exact) mass is 516 g/mol. The van der Waals surface area contributed by atoms with Crippen LogP contribution in [-0.4, -0.2) is 36.0 Å². The van der Waals surface area contributed by atoms with Gasteiger partial charge in [0.05, 0.1) is 35.6 Å². The fourth-order valence-corrected chi connectivity index (χ4v) is 5.30. The number of rotatable bonds is 7. The quantitative estimate of drug-likeness (QED) is 0.282. The Morgan fingerprint density at radius 3 is 2.32 bits per heavy atom. The van der Waals surface area contributed by atoms with Crippen molar-refractivity contribution in [3.63, 3.8) is 0 Å². The summed E-state index contributed by atoms with van der Waals surface area (Å²) in [5.41, 5.74) is 5.41. The van der Waals surface area contributed by atoms with E-state index in [1.165, 1.54) is 0 Å². The zero-order valence-electron chi connectivity index (χ0n) is 21.4. The number of carbonyl (C=O) groups excluding carboxylic acids is 3. The number of nitrogens with one attached hydrogen (secondary N) is 1. The van der Waals surface area contributed by atoms with E-state index in [0.717, 1.165) is 28.0 Å². The summed E-state index contributed by atoms with van der Waals surface area (Å²) in [5.74, 6) is -1.59. The Balaban J connectivity index is 1.82. The number of pyridine rings is 1. The Bertz CT molecular complexity index is 1520. The van der Waals surface area contributed by atoms with Gasteiger partial charge >= 0.3 is 11.9 Å². The summed E-state index contributed by atoms with van der Waals surface area (Å²) in [6.45, 7) is 9.43. The highest BCUT2D eigenvalue weighted by Gasteiger charge is 2.28. The van der Waals surface area contributed by atoms with E-state index in [9.17, 15) is 14.4 Å². The number of amides is 1. The molecule has 1 N–H and O–H groups in total. The second kappa shape index (κ2) is 10.9. The average Bonchev–Trinajstić information content (AvgIpc) is 3.19. The van der Waals surface area contributed by atoms with Crippen LogP contribution in [0.2, 0.25) is 0 Å². The molecule has 0 atom stereocenters. The first-order valence-corrected chi connectivity index (χ1v) is 12.8. The molecule has 4 rings (SSSR count). The minimum Gasteiger partial charge on any atom is -0.462 e. The molecule has 2 aromatic carbocycles. The number of esters is 2.